The van der Waals surface area contributed by atoms with Gasteiger partial charge in [0.2, 0.25) is 11.8 Å². The average molecular weight is 343 g/mol. The highest BCUT2D eigenvalue weighted by Gasteiger charge is 2.10. The Bertz CT molecular complexity index is 714. The van der Waals surface area contributed by atoms with Crippen LogP contribution in [0.5, 0.6) is 11.6 Å². The van der Waals surface area contributed by atoms with Gasteiger partial charge in [-0.15, -0.1) is 0 Å². The molecule has 0 aliphatic heterocycles. The van der Waals surface area contributed by atoms with Gasteiger partial charge in [0, 0.05) is 13.0 Å². The van der Waals surface area contributed by atoms with Crippen molar-refractivity contribution in [3.63, 3.8) is 0 Å². The van der Waals surface area contributed by atoms with E-state index in [1.165, 1.54) is 13.1 Å². The van der Waals surface area contributed by atoms with Gasteiger partial charge in [0.25, 0.3) is 5.91 Å². The Hall–Kier alpha value is -3.09. The molecule has 2 amide bonds. The topological polar surface area (TPSA) is 89.5 Å². The molecule has 0 aliphatic rings. The molecule has 0 unspecified atom stereocenters. The first-order chi connectivity index (χ1) is 12.0. The molecule has 0 fully saturated rings. The largest absolute Gasteiger partial charge is 0.497 e. The van der Waals surface area contributed by atoms with Crippen molar-refractivity contribution in [2.75, 3.05) is 19.0 Å². The fourth-order valence-electron chi connectivity index (χ4n) is 2.14. The SMILES string of the molecule is COc1ccc([C@H](C)NC(=O)COc2ccc(NC(C)=O)cn2)cc1. The summed E-state index contributed by atoms with van der Waals surface area (Å²) in [5, 5.41) is 5.46. The summed E-state index contributed by atoms with van der Waals surface area (Å²) in [5.74, 6) is 0.638. The van der Waals surface area contributed by atoms with E-state index in [0.717, 1.165) is 11.3 Å². The lowest BCUT2D eigenvalue weighted by Crippen LogP contribution is -2.31. The van der Waals surface area contributed by atoms with Crippen molar-refractivity contribution in [2.45, 2.75) is 19.9 Å². The van der Waals surface area contributed by atoms with E-state index in [0.29, 0.717) is 11.6 Å². The molecule has 7 heteroatoms. The lowest BCUT2D eigenvalue weighted by atomic mass is 10.1. The number of ether oxygens (including phenoxy) is 2. The Morgan fingerprint density at radius 2 is 1.88 bits per heavy atom. The molecule has 0 radical (unpaired) electrons. The van der Waals surface area contributed by atoms with E-state index in [1.807, 2.05) is 31.2 Å². The third-order valence-corrected chi connectivity index (χ3v) is 3.40. The zero-order valence-corrected chi connectivity index (χ0v) is 14.4. The van der Waals surface area contributed by atoms with Crippen LogP contribution in [0, 0.1) is 0 Å². The van der Waals surface area contributed by atoms with E-state index in [1.54, 1.807) is 19.2 Å². The second-order valence-corrected chi connectivity index (χ2v) is 5.42. The van der Waals surface area contributed by atoms with Crippen LogP contribution in [0.25, 0.3) is 0 Å². The second-order valence-electron chi connectivity index (χ2n) is 5.42. The summed E-state index contributed by atoms with van der Waals surface area (Å²) in [7, 11) is 1.61. The monoisotopic (exact) mass is 343 g/mol. The van der Waals surface area contributed by atoms with Crippen molar-refractivity contribution in [3.8, 4) is 11.6 Å². The number of hydrogen-bond acceptors (Lipinski definition) is 5. The third kappa shape index (κ3) is 5.80. The Morgan fingerprint density at radius 3 is 2.44 bits per heavy atom. The first-order valence-corrected chi connectivity index (χ1v) is 7.77. The van der Waals surface area contributed by atoms with E-state index in [4.69, 9.17) is 9.47 Å². The number of aromatic nitrogens is 1. The number of anilines is 1. The van der Waals surface area contributed by atoms with E-state index < -0.39 is 0 Å². The lowest BCUT2D eigenvalue weighted by molar-refractivity contribution is -0.123. The van der Waals surface area contributed by atoms with Gasteiger partial charge in [-0.3, -0.25) is 9.59 Å². The fourth-order valence-corrected chi connectivity index (χ4v) is 2.14. The number of nitrogens with one attached hydrogen (secondary N) is 2. The van der Waals surface area contributed by atoms with Gasteiger partial charge in [-0.1, -0.05) is 12.1 Å². The zero-order valence-electron chi connectivity index (χ0n) is 14.4. The number of rotatable bonds is 7. The number of carbonyl (C=O) groups excluding carboxylic acids is 2. The van der Waals surface area contributed by atoms with E-state index in [-0.39, 0.29) is 24.5 Å². The van der Waals surface area contributed by atoms with Gasteiger partial charge in [0.15, 0.2) is 6.61 Å². The quantitative estimate of drug-likeness (QED) is 0.805. The van der Waals surface area contributed by atoms with Crippen LogP contribution < -0.4 is 20.1 Å². The molecule has 0 saturated heterocycles. The van der Waals surface area contributed by atoms with Crippen LogP contribution in [0.1, 0.15) is 25.5 Å². The molecule has 0 aliphatic carbocycles. The van der Waals surface area contributed by atoms with Crippen molar-refractivity contribution in [1.82, 2.24) is 10.3 Å². The summed E-state index contributed by atoms with van der Waals surface area (Å²) < 4.78 is 10.5. The number of benzene rings is 1. The smallest absolute Gasteiger partial charge is 0.258 e. The van der Waals surface area contributed by atoms with Crippen molar-refractivity contribution in [1.29, 1.82) is 0 Å². The molecule has 2 N–H and O–H groups in total. The summed E-state index contributed by atoms with van der Waals surface area (Å²) >= 11 is 0. The molecule has 132 valence electrons. The van der Waals surface area contributed by atoms with Gasteiger partial charge < -0.3 is 20.1 Å². The molecule has 1 heterocycles. The van der Waals surface area contributed by atoms with Gasteiger partial charge in [0.05, 0.1) is 25.0 Å². The van der Waals surface area contributed by atoms with E-state index in [9.17, 15) is 9.59 Å². The predicted octanol–water partition coefficient (Wildman–Crippen LogP) is 2.30. The van der Waals surface area contributed by atoms with E-state index >= 15 is 0 Å². The molecule has 2 aromatic rings. The Morgan fingerprint density at radius 1 is 1.16 bits per heavy atom. The summed E-state index contributed by atoms with van der Waals surface area (Å²) in [4.78, 5) is 27.0. The number of hydrogen-bond donors (Lipinski definition) is 2. The fraction of sp³-hybridized carbons (Fsp3) is 0.278. The Labute approximate surface area is 146 Å². The molecule has 0 spiro atoms. The molecular weight excluding hydrogens is 322 g/mol. The third-order valence-electron chi connectivity index (χ3n) is 3.40. The Kier molecular flexibility index (Phi) is 6.33. The van der Waals surface area contributed by atoms with Crippen LogP contribution in [0.4, 0.5) is 5.69 Å². The van der Waals surface area contributed by atoms with E-state index in [2.05, 4.69) is 15.6 Å². The molecule has 0 bridgehead atoms. The van der Waals surface area contributed by atoms with Crippen molar-refractivity contribution < 1.29 is 19.1 Å². The molecule has 1 atom stereocenters. The first kappa shape index (κ1) is 18.3. The van der Waals surface area contributed by atoms with Gasteiger partial charge in [-0.25, -0.2) is 4.98 Å². The maximum absolute atomic E-state index is 12.0. The minimum atomic E-state index is -0.254. The Balaban J connectivity index is 1.82. The molecule has 7 nitrogen and oxygen atoms in total. The standard InChI is InChI=1S/C18H21N3O4/c1-12(14-4-7-16(24-3)8-5-14)20-17(23)11-25-18-9-6-15(10-19-18)21-13(2)22/h4-10,12H,11H2,1-3H3,(H,20,23)(H,21,22)/t12-/m0/s1. The van der Waals surface area contributed by atoms with Gasteiger partial charge in [-0.2, -0.15) is 0 Å². The average Bonchev–Trinajstić information content (AvgIpc) is 2.60. The molecule has 1 aromatic heterocycles. The summed E-state index contributed by atoms with van der Waals surface area (Å²) in [6.07, 6.45) is 1.47. The van der Waals surface area contributed by atoms with Crippen molar-refractivity contribution in [3.05, 3.63) is 48.2 Å². The highest BCUT2D eigenvalue weighted by atomic mass is 16.5. The summed E-state index contributed by atoms with van der Waals surface area (Å²) in [6.45, 7) is 3.16. The van der Waals surface area contributed by atoms with Crippen LogP contribution in [0.2, 0.25) is 0 Å². The molecule has 2 rings (SSSR count). The maximum atomic E-state index is 12.0. The van der Waals surface area contributed by atoms with Gasteiger partial charge >= 0.3 is 0 Å². The number of pyridine rings is 1. The van der Waals surface area contributed by atoms with Crippen molar-refractivity contribution >= 4 is 17.5 Å². The minimum Gasteiger partial charge on any atom is -0.497 e. The molecule has 25 heavy (non-hydrogen) atoms. The summed E-state index contributed by atoms with van der Waals surface area (Å²) in [6, 6.07) is 10.6. The van der Waals surface area contributed by atoms with Crippen LogP contribution in [-0.4, -0.2) is 30.5 Å². The lowest BCUT2D eigenvalue weighted by Gasteiger charge is -2.15. The van der Waals surface area contributed by atoms with Gasteiger partial charge in [0.1, 0.15) is 5.75 Å². The van der Waals surface area contributed by atoms with Gasteiger partial charge in [-0.05, 0) is 30.7 Å². The molecular formula is C18H21N3O4. The zero-order chi connectivity index (χ0) is 18.2. The highest BCUT2D eigenvalue weighted by Crippen LogP contribution is 2.17. The van der Waals surface area contributed by atoms with Crippen LogP contribution in [0.15, 0.2) is 42.6 Å². The summed E-state index contributed by atoms with van der Waals surface area (Å²) in [5.41, 5.74) is 1.53. The number of nitrogens with zero attached hydrogens (tertiary/aromatic N) is 1. The highest BCUT2D eigenvalue weighted by molar-refractivity contribution is 5.88. The van der Waals surface area contributed by atoms with Crippen LogP contribution in [-0.2, 0) is 9.59 Å². The number of methoxy groups -OCH3 is 1. The van der Waals surface area contributed by atoms with Crippen molar-refractivity contribution in [2.24, 2.45) is 0 Å². The number of carbonyl (C=O) groups is 2. The van der Waals surface area contributed by atoms with Crippen LogP contribution >= 0.6 is 0 Å². The maximum Gasteiger partial charge on any atom is 0.258 e. The second kappa shape index (κ2) is 8.68. The normalized spacial score (nSPS) is 11.3. The molecule has 1 aromatic carbocycles. The molecule has 0 saturated carbocycles. The number of amides is 2. The minimum absolute atomic E-state index is 0.146. The first-order valence-electron chi connectivity index (χ1n) is 7.77. The van der Waals surface area contributed by atoms with Crippen LogP contribution in [0.3, 0.4) is 0 Å². The predicted molar refractivity (Wildman–Crippen MR) is 93.6 cm³/mol.